The van der Waals surface area contributed by atoms with Crippen molar-refractivity contribution >= 4 is 12.4 Å². The van der Waals surface area contributed by atoms with Gasteiger partial charge in [0.05, 0.1) is 6.61 Å². The molecule has 14 heavy (non-hydrogen) atoms. The monoisotopic (exact) mass is 188 g/mol. The SMILES string of the molecule is O=C/C=C/c1ccc2c(c1)OCCC2. The van der Waals surface area contributed by atoms with Crippen LogP contribution in [0.5, 0.6) is 5.75 Å². The fourth-order valence-electron chi connectivity index (χ4n) is 1.61. The Balaban J connectivity index is 2.28. The number of benzene rings is 1. The highest BCUT2D eigenvalue weighted by atomic mass is 16.5. The van der Waals surface area contributed by atoms with Crippen LogP contribution in [-0.4, -0.2) is 12.9 Å². The summed E-state index contributed by atoms with van der Waals surface area (Å²) >= 11 is 0. The first-order valence-corrected chi connectivity index (χ1v) is 4.78. The average Bonchev–Trinajstić information content (AvgIpc) is 2.26. The fraction of sp³-hybridized carbons (Fsp3) is 0.250. The van der Waals surface area contributed by atoms with E-state index in [4.69, 9.17) is 4.74 Å². The summed E-state index contributed by atoms with van der Waals surface area (Å²) in [4.78, 5) is 10.1. The molecule has 1 heterocycles. The molecular formula is C12H12O2. The van der Waals surface area contributed by atoms with Gasteiger partial charge in [-0.2, -0.15) is 0 Å². The first-order valence-electron chi connectivity index (χ1n) is 4.78. The number of rotatable bonds is 2. The molecular weight excluding hydrogens is 176 g/mol. The van der Waals surface area contributed by atoms with Crippen molar-refractivity contribution in [1.29, 1.82) is 0 Å². The van der Waals surface area contributed by atoms with Gasteiger partial charge in [0.1, 0.15) is 12.0 Å². The third-order valence-electron chi connectivity index (χ3n) is 2.31. The second-order valence-corrected chi connectivity index (χ2v) is 3.31. The predicted octanol–water partition coefficient (Wildman–Crippen LogP) is 2.22. The Labute approximate surface area is 83.2 Å². The minimum Gasteiger partial charge on any atom is -0.493 e. The minimum absolute atomic E-state index is 0.778. The molecule has 2 heteroatoms. The van der Waals surface area contributed by atoms with Gasteiger partial charge in [0.15, 0.2) is 0 Å². The van der Waals surface area contributed by atoms with Gasteiger partial charge in [-0.15, -0.1) is 0 Å². The molecule has 1 aliphatic rings. The van der Waals surface area contributed by atoms with Gasteiger partial charge >= 0.3 is 0 Å². The zero-order chi connectivity index (χ0) is 9.80. The number of fused-ring (bicyclic) bond motifs is 1. The van der Waals surface area contributed by atoms with Crippen molar-refractivity contribution < 1.29 is 9.53 Å². The summed E-state index contributed by atoms with van der Waals surface area (Å²) in [5.74, 6) is 0.962. The van der Waals surface area contributed by atoms with E-state index in [0.29, 0.717) is 0 Å². The number of hydrogen-bond donors (Lipinski definition) is 0. The van der Waals surface area contributed by atoms with E-state index in [1.807, 2.05) is 12.1 Å². The lowest BCUT2D eigenvalue weighted by Crippen LogP contribution is -2.07. The summed E-state index contributed by atoms with van der Waals surface area (Å²) < 4.78 is 5.52. The summed E-state index contributed by atoms with van der Waals surface area (Å²) in [6.07, 6.45) is 6.24. The fourth-order valence-corrected chi connectivity index (χ4v) is 1.61. The highest BCUT2D eigenvalue weighted by Crippen LogP contribution is 2.26. The largest absolute Gasteiger partial charge is 0.493 e. The van der Waals surface area contributed by atoms with Gasteiger partial charge in [-0.25, -0.2) is 0 Å². The van der Waals surface area contributed by atoms with Crippen LogP contribution in [0.1, 0.15) is 17.5 Å². The maximum atomic E-state index is 10.1. The van der Waals surface area contributed by atoms with Crippen LogP contribution in [0.2, 0.25) is 0 Å². The molecule has 0 bridgehead atoms. The molecule has 2 rings (SSSR count). The van der Waals surface area contributed by atoms with Gasteiger partial charge in [0.2, 0.25) is 0 Å². The standard InChI is InChI=1S/C12H12O2/c13-7-1-3-10-5-6-11-4-2-8-14-12(11)9-10/h1,3,5-7,9H,2,4,8H2/b3-1+. The van der Waals surface area contributed by atoms with E-state index in [2.05, 4.69) is 6.07 Å². The molecule has 0 saturated heterocycles. The topological polar surface area (TPSA) is 26.3 Å². The molecule has 0 spiro atoms. The van der Waals surface area contributed by atoms with E-state index >= 15 is 0 Å². The van der Waals surface area contributed by atoms with Gasteiger partial charge in [0, 0.05) is 0 Å². The van der Waals surface area contributed by atoms with Gasteiger partial charge in [-0.3, -0.25) is 4.79 Å². The molecule has 0 N–H and O–H groups in total. The lowest BCUT2D eigenvalue weighted by Gasteiger charge is -2.17. The zero-order valence-electron chi connectivity index (χ0n) is 7.90. The number of aldehydes is 1. The van der Waals surface area contributed by atoms with Gasteiger partial charge in [-0.1, -0.05) is 18.2 Å². The van der Waals surface area contributed by atoms with Crippen LogP contribution in [0.3, 0.4) is 0 Å². The Morgan fingerprint density at radius 1 is 1.36 bits per heavy atom. The maximum absolute atomic E-state index is 10.1. The van der Waals surface area contributed by atoms with E-state index in [-0.39, 0.29) is 0 Å². The molecule has 0 aliphatic carbocycles. The van der Waals surface area contributed by atoms with Crippen molar-refractivity contribution in [3.05, 3.63) is 35.4 Å². The molecule has 2 nitrogen and oxygen atoms in total. The summed E-state index contributed by atoms with van der Waals surface area (Å²) in [6.45, 7) is 0.799. The Kier molecular flexibility index (Phi) is 2.63. The molecule has 0 fully saturated rings. The van der Waals surface area contributed by atoms with Crippen molar-refractivity contribution in [3.63, 3.8) is 0 Å². The number of carbonyl (C=O) groups is 1. The van der Waals surface area contributed by atoms with E-state index in [0.717, 1.165) is 37.0 Å². The number of allylic oxidation sites excluding steroid dienone is 1. The van der Waals surface area contributed by atoms with Crippen LogP contribution in [-0.2, 0) is 11.2 Å². The highest BCUT2D eigenvalue weighted by Gasteiger charge is 2.09. The molecule has 0 radical (unpaired) electrons. The van der Waals surface area contributed by atoms with Crippen LogP contribution >= 0.6 is 0 Å². The maximum Gasteiger partial charge on any atom is 0.142 e. The van der Waals surface area contributed by atoms with Crippen molar-refractivity contribution in [1.82, 2.24) is 0 Å². The number of aryl methyl sites for hydroxylation is 1. The minimum atomic E-state index is 0.778. The Bertz CT molecular complexity index is 367. The third kappa shape index (κ3) is 1.84. The first-order chi connectivity index (χ1) is 6.90. The third-order valence-corrected chi connectivity index (χ3v) is 2.31. The van der Waals surface area contributed by atoms with Gasteiger partial charge < -0.3 is 4.74 Å². The number of hydrogen-bond acceptors (Lipinski definition) is 2. The number of ether oxygens (including phenoxy) is 1. The Hall–Kier alpha value is -1.57. The summed E-state index contributed by atoms with van der Waals surface area (Å²) in [6, 6.07) is 6.06. The molecule has 1 aromatic carbocycles. The molecule has 1 aromatic rings. The van der Waals surface area contributed by atoms with Crippen LogP contribution in [0.15, 0.2) is 24.3 Å². The summed E-state index contributed by atoms with van der Waals surface area (Å²) in [5.41, 5.74) is 2.28. The first kappa shape index (κ1) is 9.00. The molecule has 1 aliphatic heterocycles. The molecule has 0 saturated carbocycles. The van der Waals surface area contributed by atoms with E-state index in [9.17, 15) is 4.79 Å². The van der Waals surface area contributed by atoms with Crippen LogP contribution < -0.4 is 4.74 Å². The van der Waals surface area contributed by atoms with E-state index in [1.165, 1.54) is 11.6 Å². The smallest absolute Gasteiger partial charge is 0.142 e. The highest BCUT2D eigenvalue weighted by molar-refractivity contribution is 5.74. The quantitative estimate of drug-likeness (QED) is 0.525. The zero-order valence-corrected chi connectivity index (χ0v) is 7.90. The normalized spacial score (nSPS) is 14.9. The lowest BCUT2D eigenvalue weighted by molar-refractivity contribution is -0.104. The summed E-state index contributed by atoms with van der Waals surface area (Å²) in [5, 5.41) is 0. The van der Waals surface area contributed by atoms with E-state index in [1.54, 1.807) is 6.08 Å². The molecule has 0 aromatic heterocycles. The molecule has 0 amide bonds. The van der Waals surface area contributed by atoms with Crippen molar-refractivity contribution in [2.45, 2.75) is 12.8 Å². The van der Waals surface area contributed by atoms with Crippen molar-refractivity contribution in [2.75, 3.05) is 6.61 Å². The lowest BCUT2D eigenvalue weighted by atomic mass is 10.0. The molecule has 0 unspecified atom stereocenters. The van der Waals surface area contributed by atoms with Crippen molar-refractivity contribution in [3.8, 4) is 5.75 Å². The average molecular weight is 188 g/mol. The van der Waals surface area contributed by atoms with Crippen LogP contribution in [0.4, 0.5) is 0 Å². The van der Waals surface area contributed by atoms with Crippen LogP contribution in [0, 0.1) is 0 Å². The summed E-state index contributed by atoms with van der Waals surface area (Å²) in [7, 11) is 0. The predicted molar refractivity (Wildman–Crippen MR) is 55.4 cm³/mol. The second kappa shape index (κ2) is 4.09. The molecule has 72 valence electrons. The van der Waals surface area contributed by atoms with Gasteiger partial charge in [0.25, 0.3) is 0 Å². The van der Waals surface area contributed by atoms with Crippen molar-refractivity contribution in [2.24, 2.45) is 0 Å². The second-order valence-electron chi connectivity index (χ2n) is 3.31. The Morgan fingerprint density at radius 2 is 2.29 bits per heavy atom. The Morgan fingerprint density at radius 3 is 3.14 bits per heavy atom. The van der Waals surface area contributed by atoms with E-state index < -0.39 is 0 Å². The number of carbonyl (C=O) groups excluding carboxylic acids is 1. The molecule has 0 atom stereocenters. The van der Waals surface area contributed by atoms with Gasteiger partial charge in [-0.05, 0) is 36.1 Å². The van der Waals surface area contributed by atoms with Crippen LogP contribution in [0.25, 0.3) is 6.08 Å².